The van der Waals surface area contributed by atoms with E-state index < -0.39 is 18.0 Å². The maximum absolute atomic E-state index is 12.7. The number of aliphatic hydroxyl groups excluding tert-OH is 1. The first kappa shape index (κ1) is 20.6. The van der Waals surface area contributed by atoms with Crippen LogP contribution in [0.2, 0.25) is 0 Å². The van der Waals surface area contributed by atoms with E-state index in [4.69, 9.17) is 5.73 Å². The third-order valence-corrected chi connectivity index (χ3v) is 8.04. The minimum atomic E-state index is -1.12. The fourth-order valence-corrected chi connectivity index (χ4v) is 6.53. The predicted octanol–water partition coefficient (Wildman–Crippen LogP) is -0.837. The predicted molar refractivity (Wildman–Crippen MR) is 107 cm³/mol. The lowest BCUT2D eigenvalue weighted by Crippen LogP contribution is -2.63. The number of likely N-dealkylation sites (tertiary alicyclic amines) is 1. The van der Waals surface area contributed by atoms with Crippen LogP contribution in [0.3, 0.4) is 0 Å². The third kappa shape index (κ3) is 3.35. The van der Waals surface area contributed by atoms with Gasteiger partial charge in [0.05, 0.1) is 24.1 Å². The van der Waals surface area contributed by atoms with E-state index in [1.807, 2.05) is 6.92 Å². The van der Waals surface area contributed by atoms with Crippen LogP contribution in [-0.4, -0.2) is 86.9 Å². The van der Waals surface area contributed by atoms with E-state index in [9.17, 15) is 24.6 Å². The molecule has 0 radical (unpaired) electrons. The maximum atomic E-state index is 12.7. The molecule has 4 aliphatic rings. The van der Waals surface area contributed by atoms with Crippen LogP contribution >= 0.6 is 11.8 Å². The van der Waals surface area contributed by atoms with Gasteiger partial charge in [-0.3, -0.25) is 9.59 Å². The average Bonchev–Trinajstić information content (AvgIpc) is 3.33. The van der Waals surface area contributed by atoms with Gasteiger partial charge in [-0.05, 0) is 19.8 Å². The van der Waals surface area contributed by atoms with Gasteiger partial charge in [-0.2, -0.15) is 0 Å². The SMILES string of the molecule is CC(O)C1C(=O)N2C(C(=O)O)=C(SC3CNC(C(=O)N4CCC(N)C4)C3)C(C)[C@H]12. The molecule has 29 heavy (non-hydrogen) atoms. The Morgan fingerprint density at radius 1 is 1.38 bits per heavy atom. The second kappa shape index (κ2) is 7.57. The molecule has 0 saturated carbocycles. The van der Waals surface area contributed by atoms with Crippen LogP contribution in [0.15, 0.2) is 10.6 Å². The molecule has 0 aliphatic carbocycles. The first-order chi connectivity index (χ1) is 13.7. The normalized spacial score (nSPS) is 37.7. The Kier molecular flexibility index (Phi) is 5.39. The quantitative estimate of drug-likeness (QED) is 0.420. The summed E-state index contributed by atoms with van der Waals surface area (Å²) < 4.78 is 0. The van der Waals surface area contributed by atoms with E-state index in [-0.39, 0.29) is 46.8 Å². The zero-order valence-corrected chi connectivity index (χ0v) is 17.4. The molecule has 4 heterocycles. The highest BCUT2D eigenvalue weighted by Crippen LogP contribution is 2.51. The Bertz CT molecular complexity index is 772. The summed E-state index contributed by atoms with van der Waals surface area (Å²) in [7, 11) is 0. The number of thioether (sulfide) groups is 1. The zero-order chi connectivity index (χ0) is 21.0. The van der Waals surface area contributed by atoms with Crippen molar-refractivity contribution in [2.75, 3.05) is 19.6 Å². The lowest BCUT2D eigenvalue weighted by atomic mass is 9.79. The number of nitrogens with zero attached hydrogens (tertiary/aromatic N) is 2. The molecule has 0 aromatic rings. The van der Waals surface area contributed by atoms with Crippen molar-refractivity contribution in [3.05, 3.63) is 10.6 Å². The second-order valence-corrected chi connectivity index (χ2v) is 9.88. The molecule has 0 aromatic carbocycles. The second-order valence-electron chi connectivity index (χ2n) is 8.54. The van der Waals surface area contributed by atoms with Gasteiger partial charge in [0.1, 0.15) is 5.70 Å². The largest absolute Gasteiger partial charge is 0.477 e. The van der Waals surface area contributed by atoms with Gasteiger partial charge in [-0.1, -0.05) is 6.92 Å². The fraction of sp³-hybridized carbons (Fsp3) is 0.737. The van der Waals surface area contributed by atoms with Crippen LogP contribution in [0.25, 0.3) is 0 Å². The Morgan fingerprint density at radius 3 is 2.69 bits per heavy atom. The first-order valence-electron chi connectivity index (χ1n) is 10.1. The molecule has 6 unspecified atom stereocenters. The van der Waals surface area contributed by atoms with Crippen molar-refractivity contribution in [2.45, 2.75) is 56.2 Å². The lowest BCUT2D eigenvalue weighted by molar-refractivity contribution is -0.163. The Morgan fingerprint density at radius 2 is 2.10 bits per heavy atom. The minimum Gasteiger partial charge on any atom is -0.477 e. The Labute approximate surface area is 173 Å². The topological polar surface area (TPSA) is 136 Å². The van der Waals surface area contributed by atoms with Crippen molar-refractivity contribution >= 4 is 29.5 Å². The van der Waals surface area contributed by atoms with Crippen molar-refractivity contribution in [1.29, 1.82) is 0 Å². The average molecular weight is 425 g/mol. The van der Waals surface area contributed by atoms with Crippen LogP contribution < -0.4 is 11.1 Å². The number of nitrogens with one attached hydrogen (secondary N) is 1. The number of aliphatic hydroxyl groups is 1. The summed E-state index contributed by atoms with van der Waals surface area (Å²) in [5.74, 6) is -2.11. The molecule has 3 saturated heterocycles. The maximum Gasteiger partial charge on any atom is 0.353 e. The van der Waals surface area contributed by atoms with E-state index >= 15 is 0 Å². The summed E-state index contributed by atoms with van der Waals surface area (Å²) in [5, 5.41) is 23.0. The van der Waals surface area contributed by atoms with E-state index in [1.54, 1.807) is 11.8 Å². The number of aliphatic carboxylic acids is 1. The number of hydrogen-bond acceptors (Lipinski definition) is 7. The molecule has 4 aliphatic heterocycles. The number of carbonyl (C=O) groups is 3. The highest BCUT2D eigenvalue weighted by molar-refractivity contribution is 8.03. The van der Waals surface area contributed by atoms with E-state index in [2.05, 4.69) is 5.32 Å². The van der Waals surface area contributed by atoms with E-state index in [0.717, 1.165) is 6.42 Å². The zero-order valence-electron chi connectivity index (χ0n) is 16.6. The number of carboxylic acids is 1. The molecule has 2 amide bonds. The molecule has 5 N–H and O–H groups in total. The van der Waals surface area contributed by atoms with Gasteiger partial charge in [-0.15, -0.1) is 11.8 Å². The molecule has 0 aromatic heterocycles. The van der Waals surface area contributed by atoms with Gasteiger partial charge in [0, 0.05) is 41.7 Å². The lowest BCUT2D eigenvalue weighted by Gasteiger charge is -2.46. The van der Waals surface area contributed by atoms with Crippen LogP contribution in [0.4, 0.5) is 0 Å². The number of nitrogens with two attached hydrogens (primary N) is 1. The monoisotopic (exact) mass is 424 g/mol. The van der Waals surface area contributed by atoms with Crippen LogP contribution in [-0.2, 0) is 14.4 Å². The number of carbonyl (C=O) groups excluding carboxylic acids is 2. The number of carboxylic acid groups (broad SMARTS) is 1. The van der Waals surface area contributed by atoms with Gasteiger partial charge in [0.15, 0.2) is 0 Å². The van der Waals surface area contributed by atoms with Crippen molar-refractivity contribution in [3.63, 3.8) is 0 Å². The molecule has 160 valence electrons. The minimum absolute atomic E-state index is 0.0368. The summed E-state index contributed by atoms with van der Waals surface area (Å²) in [4.78, 5) is 40.8. The number of rotatable bonds is 5. The van der Waals surface area contributed by atoms with Crippen molar-refractivity contribution in [1.82, 2.24) is 15.1 Å². The molecule has 4 rings (SSSR count). The number of β-lactam (4-membered cyclic amide) rings is 1. The molecule has 0 spiro atoms. The summed E-state index contributed by atoms with van der Waals surface area (Å²) >= 11 is 1.45. The third-order valence-electron chi connectivity index (χ3n) is 6.53. The van der Waals surface area contributed by atoms with Crippen molar-refractivity contribution < 1.29 is 24.6 Å². The number of fused-ring (bicyclic) bond motifs is 1. The molecular weight excluding hydrogens is 396 g/mol. The number of hydrogen-bond donors (Lipinski definition) is 4. The van der Waals surface area contributed by atoms with Gasteiger partial charge < -0.3 is 31.1 Å². The summed E-state index contributed by atoms with van der Waals surface area (Å²) in [5.41, 5.74) is 5.94. The highest BCUT2D eigenvalue weighted by Gasteiger charge is 2.60. The summed E-state index contributed by atoms with van der Waals surface area (Å²) in [6.45, 7) is 5.34. The smallest absolute Gasteiger partial charge is 0.353 e. The van der Waals surface area contributed by atoms with Crippen molar-refractivity contribution in [3.8, 4) is 0 Å². The van der Waals surface area contributed by atoms with Crippen LogP contribution in [0.1, 0.15) is 26.7 Å². The van der Waals surface area contributed by atoms with Gasteiger partial charge >= 0.3 is 5.97 Å². The van der Waals surface area contributed by atoms with Gasteiger partial charge in [0.2, 0.25) is 11.8 Å². The number of amides is 2. The highest BCUT2D eigenvalue weighted by atomic mass is 32.2. The fourth-order valence-electron chi connectivity index (χ4n) is 5.05. The Hall–Kier alpha value is -1.62. The molecule has 0 bridgehead atoms. The standard InChI is InChI=1S/C19H28N4O5S/c1-8-14-13(9(2)24)18(26)23(14)15(19(27)28)16(8)29-11-5-12(21-6-11)17(25)22-4-3-10(20)7-22/h8-14,21,24H,3-7,20H2,1-2H3,(H,27,28)/t8?,9?,10?,11?,12?,13?,14-/m1/s1. The van der Waals surface area contributed by atoms with E-state index in [0.29, 0.717) is 31.0 Å². The molecule has 9 nitrogen and oxygen atoms in total. The first-order valence-corrected chi connectivity index (χ1v) is 11.0. The molecule has 3 fully saturated rings. The van der Waals surface area contributed by atoms with Gasteiger partial charge in [-0.25, -0.2) is 4.79 Å². The summed E-state index contributed by atoms with van der Waals surface area (Å²) in [6.07, 6.45) is 0.614. The van der Waals surface area contributed by atoms with E-state index in [1.165, 1.54) is 16.7 Å². The van der Waals surface area contributed by atoms with Gasteiger partial charge in [0.25, 0.3) is 0 Å². The van der Waals surface area contributed by atoms with Crippen molar-refractivity contribution in [2.24, 2.45) is 17.6 Å². The van der Waals surface area contributed by atoms with Crippen LogP contribution in [0.5, 0.6) is 0 Å². The molecule has 10 heteroatoms. The Balaban J connectivity index is 1.46. The van der Waals surface area contributed by atoms with Crippen LogP contribution in [0, 0.1) is 11.8 Å². The summed E-state index contributed by atoms with van der Waals surface area (Å²) in [6, 6.07) is -0.557. The molecular formula is C19H28N4O5S. The molecule has 7 atom stereocenters.